The normalized spacial score (nSPS) is 12.4. The van der Waals surface area contributed by atoms with Crippen LogP contribution in [0.25, 0.3) is 0 Å². The first kappa shape index (κ1) is 16.2. The number of aryl methyl sites for hydroxylation is 2. The Kier molecular flexibility index (Phi) is 5.54. The van der Waals surface area contributed by atoms with Gasteiger partial charge in [-0.3, -0.25) is 0 Å². The molecule has 1 atom stereocenters. The first-order valence-electron chi connectivity index (χ1n) is 7.27. The molecule has 1 nitrogen and oxygen atoms in total. The van der Waals surface area contributed by atoms with Crippen LogP contribution in [0.15, 0.2) is 40.9 Å². The van der Waals surface area contributed by atoms with Crippen LogP contribution in [0.1, 0.15) is 41.6 Å². The standard InChI is InChI=1S/C18H21BrFN/c1-4-5-21-18(14-7-12(2)6-13(3)8-14)15-9-16(19)11-17(20)10-15/h6-11,18,21H,4-5H2,1-3H3. The van der Waals surface area contributed by atoms with Crippen molar-refractivity contribution in [2.75, 3.05) is 6.54 Å². The predicted molar refractivity (Wildman–Crippen MR) is 90.2 cm³/mol. The SMILES string of the molecule is CCCNC(c1cc(C)cc(C)c1)c1cc(F)cc(Br)c1. The second kappa shape index (κ2) is 7.19. The van der Waals surface area contributed by atoms with Gasteiger partial charge in [0.2, 0.25) is 0 Å². The van der Waals surface area contributed by atoms with Gasteiger partial charge in [-0.25, -0.2) is 4.39 Å². The number of hydrogen-bond donors (Lipinski definition) is 1. The molecule has 0 spiro atoms. The molecule has 0 aliphatic heterocycles. The zero-order valence-electron chi connectivity index (χ0n) is 12.7. The molecule has 3 heteroatoms. The molecule has 1 unspecified atom stereocenters. The highest BCUT2D eigenvalue weighted by atomic mass is 79.9. The van der Waals surface area contributed by atoms with Gasteiger partial charge in [0.05, 0.1) is 6.04 Å². The summed E-state index contributed by atoms with van der Waals surface area (Å²) in [7, 11) is 0. The highest BCUT2D eigenvalue weighted by molar-refractivity contribution is 9.10. The lowest BCUT2D eigenvalue weighted by Gasteiger charge is -2.21. The van der Waals surface area contributed by atoms with E-state index in [9.17, 15) is 4.39 Å². The molecule has 0 bridgehead atoms. The summed E-state index contributed by atoms with van der Waals surface area (Å²) in [6.07, 6.45) is 1.04. The summed E-state index contributed by atoms with van der Waals surface area (Å²) >= 11 is 3.38. The van der Waals surface area contributed by atoms with Gasteiger partial charge < -0.3 is 5.32 Å². The van der Waals surface area contributed by atoms with Crippen molar-refractivity contribution in [3.8, 4) is 0 Å². The number of nitrogens with one attached hydrogen (secondary N) is 1. The van der Waals surface area contributed by atoms with Crippen molar-refractivity contribution in [1.29, 1.82) is 0 Å². The molecular formula is C18H21BrFN. The van der Waals surface area contributed by atoms with Crippen molar-refractivity contribution in [1.82, 2.24) is 5.32 Å². The first-order chi connectivity index (χ1) is 9.99. The number of benzene rings is 2. The van der Waals surface area contributed by atoms with Crippen molar-refractivity contribution in [3.63, 3.8) is 0 Å². The minimum Gasteiger partial charge on any atom is -0.306 e. The summed E-state index contributed by atoms with van der Waals surface area (Å²) in [5.41, 5.74) is 4.58. The Morgan fingerprint density at radius 3 is 2.19 bits per heavy atom. The van der Waals surface area contributed by atoms with E-state index in [0.717, 1.165) is 23.0 Å². The molecule has 2 aromatic rings. The average Bonchev–Trinajstić information content (AvgIpc) is 2.37. The Morgan fingerprint density at radius 2 is 1.62 bits per heavy atom. The summed E-state index contributed by atoms with van der Waals surface area (Å²) in [6, 6.07) is 11.6. The second-order valence-electron chi connectivity index (χ2n) is 5.51. The maximum absolute atomic E-state index is 13.7. The fraction of sp³-hybridized carbons (Fsp3) is 0.333. The van der Waals surface area contributed by atoms with Crippen LogP contribution in [0.4, 0.5) is 4.39 Å². The van der Waals surface area contributed by atoms with Crippen molar-refractivity contribution in [2.24, 2.45) is 0 Å². The Morgan fingerprint density at radius 1 is 1.00 bits per heavy atom. The van der Waals surface area contributed by atoms with Crippen molar-refractivity contribution < 1.29 is 4.39 Å². The van der Waals surface area contributed by atoms with Gasteiger partial charge in [-0.1, -0.05) is 52.2 Å². The minimum absolute atomic E-state index is 0.00977. The van der Waals surface area contributed by atoms with Crippen molar-refractivity contribution in [2.45, 2.75) is 33.2 Å². The van der Waals surface area contributed by atoms with Crippen LogP contribution in [0.5, 0.6) is 0 Å². The molecule has 0 amide bonds. The second-order valence-corrected chi connectivity index (χ2v) is 6.43. The molecule has 21 heavy (non-hydrogen) atoms. The maximum atomic E-state index is 13.7. The number of hydrogen-bond acceptors (Lipinski definition) is 1. The smallest absolute Gasteiger partial charge is 0.124 e. The highest BCUT2D eigenvalue weighted by Crippen LogP contribution is 2.27. The third-order valence-corrected chi connectivity index (χ3v) is 3.85. The monoisotopic (exact) mass is 349 g/mol. The van der Waals surface area contributed by atoms with Gasteiger partial charge in [-0.15, -0.1) is 0 Å². The van der Waals surface area contributed by atoms with Gasteiger partial charge in [0.1, 0.15) is 5.82 Å². The summed E-state index contributed by atoms with van der Waals surface area (Å²) < 4.78 is 14.5. The minimum atomic E-state index is -0.216. The fourth-order valence-corrected chi connectivity index (χ4v) is 3.12. The largest absolute Gasteiger partial charge is 0.306 e. The first-order valence-corrected chi connectivity index (χ1v) is 8.06. The Bertz CT molecular complexity index is 533. The molecular weight excluding hydrogens is 329 g/mol. The van der Waals surface area contributed by atoms with E-state index in [2.05, 4.69) is 60.2 Å². The van der Waals surface area contributed by atoms with Crippen molar-refractivity contribution >= 4 is 15.9 Å². The third kappa shape index (κ3) is 4.39. The molecule has 1 N–H and O–H groups in total. The molecule has 2 rings (SSSR count). The molecule has 0 saturated heterocycles. The van der Waals surface area contributed by atoms with Gasteiger partial charge in [-0.05, 0) is 56.1 Å². The zero-order valence-corrected chi connectivity index (χ0v) is 14.3. The van der Waals surface area contributed by atoms with Crippen LogP contribution in [0, 0.1) is 19.7 Å². The number of rotatable bonds is 5. The van der Waals surface area contributed by atoms with Crippen LogP contribution in [-0.2, 0) is 0 Å². The molecule has 0 radical (unpaired) electrons. The molecule has 0 heterocycles. The summed E-state index contributed by atoms with van der Waals surface area (Å²) in [4.78, 5) is 0. The van der Waals surface area contributed by atoms with Gasteiger partial charge in [0.15, 0.2) is 0 Å². The topological polar surface area (TPSA) is 12.0 Å². The van der Waals surface area contributed by atoms with E-state index >= 15 is 0 Å². The van der Waals surface area contributed by atoms with E-state index in [1.165, 1.54) is 22.8 Å². The Labute approximate surface area is 134 Å². The highest BCUT2D eigenvalue weighted by Gasteiger charge is 2.15. The molecule has 0 fully saturated rings. The van der Waals surface area contributed by atoms with Gasteiger partial charge >= 0.3 is 0 Å². The maximum Gasteiger partial charge on any atom is 0.124 e. The molecule has 0 aromatic heterocycles. The Hall–Kier alpha value is -1.19. The lowest BCUT2D eigenvalue weighted by molar-refractivity contribution is 0.584. The molecule has 2 aromatic carbocycles. The third-order valence-electron chi connectivity index (χ3n) is 3.39. The predicted octanol–water partition coefficient (Wildman–Crippen LogP) is 5.29. The van der Waals surface area contributed by atoms with Crippen molar-refractivity contribution in [3.05, 3.63) is 68.9 Å². The van der Waals surface area contributed by atoms with Gasteiger partial charge in [0, 0.05) is 4.47 Å². The van der Waals surface area contributed by atoms with E-state index in [4.69, 9.17) is 0 Å². The van der Waals surface area contributed by atoms with Crippen LogP contribution >= 0.6 is 15.9 Å². The van der Waals surface area contributed by atoms with E-state index < -0.39 is 0 Å². The lowest BCUT2D eigenvalue weighted by atomic mass is 9.95. The lowest BCUT2D eigenvalue weighted by Crippen LogP contribution is -2.23. The van der Waals surface area contributed by atoms with E-state index in [0.29, 0.717) is 0 Å². The van der Waals surface area contributed by atoms with Gasteiger partial charge in [0.25, 0.3) is 0 Å². The van der Waals surface area contributed by atoms with E-state index in [1.54, 1.807) is 6.07 Å². The summed E-state index contributed by atoms with van der Waals surface area (Å²) in [5.74, 6) is -0.216. The molecule has 0 saturated carbocycles. The Balaban J connectivity index is 2.46. The molecule has 0 aliphatic rings. The molecule has 0 aliphatic carbocycles. The summed E-state index contributed by atoms with van der Waals surface area (Å²) in [6.45, 7) is 7.21. The molecule has 112 valence electrons. The fourth-order valence-electron chi connectivity index (χ4n) is 2.64. The summed E-state index contributed by atoms with van der Waals surface area (Å²) in [5, 5.41) is 3.52. The van der Waals surface area contributed by atoms with Gasteiger partial charge in [-0.2, -0.15) is 0 Å². The van der Waals surface area contributed by atoms with Crippen LogP contribution in [-0.4, -0.2) is 6.54 Å². The van der Waals surface area contributed by atoms with Crippen LogP contribution in [0.3, 0.4) is 0 Å². The average molecular weight is 350 g/mol. The number of halogens is 2. The quantitative estimate of drug-likeness (QED) is 0.772. The van der Waals surface area contributed by atoms with Crippen LogP contribution < -0.4 is 5.32 Å². The van der Waals surface area contributed by atoms with Crippen LogP contribution in [0.2, 0.25) is 0 Å². The zero-order chi connectivity index (χ0) is 15.4. The van der Waals surface area contributed by atoms with E-state index in [-0.39, 0.29) is 11.9 Å². The van der Waals surface area contributed by atoms with E-state index in [1.807, 2.05) is 6.07 Å².